The molecule has 1 atom stereocenters. The zero-order valence-electron chi connectivity index (χ0n) is 25.9. The van der Waals surface area contributed by atoms with Crippen molar-refractivity contribution in [2.75, 3.05) is 12.3 Å². The Hall–Kier alpha value is -0.950. The van der Waals surface area contributed by atoms with Crippen molar-refractivity contribution in [3.8, 4) is 0 Å². The Bertz CT molecular complexity index is 665. The molecule has 0 aliphatic heterocycles. The molecule has 6 heteroatoms. The van der Waals surface area contributed by atoms with E-state index in [0.29, 0.717) is 0 Å². The van der Waals surface area contributed by atoms with Crippen LogP contribution in [0.15, 0.2) is 36.8 Å². The Kier molecular flexibility index (Phi) is 25.3. The Morgan fingerprint density at radius 3 is 1.18 bits per heavy atom. The average Bonchev–Trinajstić information content (AvgIpc) is 2.87. The van der Waals surface area contributed by atoms with E-state index in [2.05, 4.69) is 57.6 Å². The summed E-state index contributed by atoms with van der Waals surface area (Å²) in [5, 5.41) is 10.6. The van der Waals surface area contributed by atoms with Crippen LogP contribution < -0.4 is 0 Å². The summed E-state index contributed by atoms with van der Waals surface area (Å²) in [6.45, 7) is 6.89. The second-order valence-corrected chi connectivity index (χ2v) is 12.9. The van der Waals surface area contributed by atoms with Crippen molar-refractivity contribution in [3.63, 3.8) is 0 Å². The first kappa shape index (κ1) is 38.0. The van der Waals surface area contributed by atoms with Gasteiger partial charge in [-0.05, 0) is 56.8 Å². The number of quaternary nitrogens is 1. The number of allylic oxidation sites excluding steroid dienone is 3. The number of hydrogen-bond donors (Lipinski definition) is 2. The van der Waals surface area contributed by atoms with Gasteiger partial charge in [-0.2, -0.15) is 8.42 Å². The maximum Gasteiger partial charge on any atom is 0.267 e. The number of aliphatic hydroxyl groups is 1. The summed E-state index contributed by atoms with van der Waals surface area (Å²) in [6, 6.07) is 0. The van der Waals surface area contributed by atoms with Crippen LogP contribution in [0.2, 0.25) is 0 Å². The van der Waals surface area contributed by atoms with Crippen LogP contribution in [0.3, 0.4) is 0 Å². The first-order chi connectivity index (χ1) is 18.8. The van der Waals surface area contributed by atoms with Crippen molar-refractivity contribution < 1.29 is 22.6 Å². The highest BCUT2D eigenvalue weighted by atomic mass is 32.2. The molecular weight excluding hydrogens is 506 g/mol. The normalized spacial score (nSPS) is 13.9. The Balaban J connectivity index is 5.40. The summed E-state index contributed by atoms with van der Waals surface area (Å²) < 4.78 is 32.6. The minimum Gasteiger partial charge on any atom is -0.386 e. The molecular formula is C33H64NO4S+. The van der Waals surface area contributed by atoms with Crippen LogP contribution in [0.5, 0.6) is 0 Å². The molecule has 5 nitrogen and oxygen atoms in total. The van der Waals surface area contributed by atoms with Gasteiger partial charge in [-0.3, -0.25) is 4.55 Å². The lowest BCUT2D eigenvalue weighted by Gasteiger charge is -2.29. The van der Waals surface area contributed by atoms with Crippen molar-refractivity contribution in [2.45, 2.75) is 162 Å². The van der Waals surface area contributed by atoms with Gasteiger partial charge in [0.2, 0.25) is 0 Å². The highest BCUT2D eigenvalue weighted by molar-refractivity contribution is 7.85. The van der Waals surface area contributed by atoms with Gasteiger partial charge >= 0.3 is 0 Å². The Morgan fingerprint density at radius 1 is 0.564 bits per heavy atom. The summed E-state index contributed by atoms with van der Waals surface area (Å²) >= 11 is 0. The molecule has 0 fully saturated rings. The lowest BCUT2D eigenvalue weighted by atomic mass is 10.1. The minimum atomic E-state index is -4.25. The van der Waals surface area contributed by atoms with Crippen molar-refractivity contribution >= 4 is 10.1 Å². The molecule has 0 saturated heterocycles. The fourth-order valence-electron chi connectivity index (χ4n) is 4.93. The van der Waals surface area contributed by atoms with E-state index in [1.165, 1.54) is 96.3 Å². The van der Waals surface area contributed by atoms with Crippen LogP contribution in [0.4, 0.5) is 0 Å². The predicted octanol–water partition coefficient (Wildman–Crippen LogP) is 9.84. The fraction of sp³-hybridized carbons (Fsp3) is 0.818. The van der Waals surface area contributed by atoms with Crippen LogP contribution in [0, 0.1) is 0 Å². The largest absolute Gasteiger partial charge is 0.386 e. The number of rotatable bonds is 28. The van der Waals surface area contributed by atoms with Gasteiger partial charge in [0.1, 0.15) is 37.0 Å². The Morgan fingerprint density at radius 2 is 0.872 bits per heavy atom. The van der Waals surface area contributed by atoms with Crippen LogP contribution >= 0.6 is 0 Å². The molecule has 0 saturated carbocycles. The third-order valence-electron chi connectivity index (χ3n) is 7.25. The molecule has 0 radical (unpaired) electrons. The molecule has 0 aromatic rings. The van der Waals surface area contributed by atoms with E-state index in [0.717, 1.165) is 38.5 Å². The van der Waals surface area contributed by atoms with Gasteiger partial charge < -0.3 is 5.11 Å². The zero-order chi connectivity index (χ0) is 29.1. The van der Waals surface area contributed by atoms with Crippen LogP contribution in [-0.4, -0.2) is 41.0 Å². The fourth-order valence-corrected chi connectivity index (χ4v) is 5.52. The van der Waals surface area contributed by atoms with Crippen molar-refractivity contribution in [3.05, 3.63) is 36.8 Å². The molecule has 0 heterocycles. The molecule has 0 aromatic heterocycles. The molecule has 0 aromatic carbocycles. The summed E-state index contributed by atoms with van der Waals surface area (Å²) in [7, 11) is -4.25. The molecule has 230 valence electrons. The van der Waals surface area contributed by atoms with Gasteiger partial charge in [-0.15, -0.1) is 0 Å². The molecule has 0 amide bonds. The first-order valence-corrected chi connectivity index (χ1v) is 17.9. The van der Waals surface area contributed by atoms with Crippen LogP contribution in [0.1, 0.15) is 156 Å². The molecule has 1 unspecified atom stereocenters. The van der Waals surface area contributed by atoms with Crippen molar-refractivity contribution in [1.29, 1.82) is 0 Å². The van der Waals surface area contributed by atoms with E-state index >= 15 is 0 Å². The van der Waals surface area contributed by atoms with Gasteiger partial charge in [0.05, 0.1) is 0 Å². The summed E-state index contributed by atoms with van der Waals surface area (Å²) in [5.41, 5.74) is 0. The molecule has 0 bridgehead atoms. The number of unbranched alkanes of at least 4 members (excludes halogenated alkanes) is 18. The number of aliphatic hydroxyl groups excluding tert-OH is 1. The van der Waals surface area contributed by atoms with Crippen LogP contribution in [0.25, 0.3) is 0 Å². The summed E-state index contributed by atoms with van der Waals surface area (Å²) in [5.74, 6) is -0.644. The van der Waals surface area contributed by atoms with Crippen LogP contribution in [-0.2, 0) is 10.1 Å². The highest BCUT2D eigenvalue weighted by Crippen LogP contribution is 2.19. The maximum absolute atomic E-state index is 11.5. The molecule has 0 rings (SSSR count). The summed E-state index contributed by atoms with van der Waals surface area (Å²) in [4.78, 5) is 0. The lowest BCUT2D eigenvalue weighted by Crippen LogP contribution is -2.41. The van der Waals surface area contributed by atoms with Gasteiger partial charge in [0, 0.05) is 0 Å². The Labute approximate surface area is 243 Å². The topological polar surface area (TPSA) is 74.6 Å². The average molecular weight is 571 g/mol. The van der Waals surface area contributed by atoms with Gasteiger partial charge in [-0.1, -0.05) is 117 Å². The third-order valence-corrected chi connectivity index (χ3v) is 8.06. The van der Waals surface area contributed by atoms with Gasteiger partial charge in [0.25, 0.3) is 10.1 Å². The van der Waals surface area contributed by atoms with Crippen molar-refractivity contribution in [1.82, 2.24) is 0 Å². The number of nitrogens with zero attached hydrogens (tertiary/aromatic N) is 1. The van der Waals surface area contributed by atoms with Gasteiger partial charge in [-0.25, -0.2) is 4.48 Å². The standard InChI is InChI=1S/C33H63NO4S/c1-4-7-10-13-16-19-22-25-28-34(31-33(35)32-39(36,37)38,29-26-23-20-17-14-11-8-5-2)30-27-24-21-18-15-12-9-6-3/h25-30,33,35H,4-24,31-32H2,1-3H3/p+1/b28-25+,29-26+,30-27+. The maximum atomic E-state index is 11.5. The molecule has 2 N–H and O–H groups in total. The smallest absolute Gasteiger partial charge is 0.267 e. The van der Waals surface area contributed by atoms with E-state index in [1.54, 1.807) is 0 Å². The van der Waals surface area contributed by atoms with E-state index < -0.39 is 22.0 Å². The minimum absolute atomic E-state index is 0.187. The molecule has 0 aliphatic rings. The highest BCUT2D eigenvalue weighted by Gasteiger charge is 2.27. The first-order valence-electron chi connectivity index (χ1n) is 16.3. The van der Waals surface area contributed by atoms with E-state index in [4.69, 9.17) is 0 Å². The number of hydrogen-bond acceptors (Lipinski definition) is 3. The molecule has 0 spiro atoms. The lowest BCUT2D eigenvalue weighted by molar-refractivity contribution is -0.777. The quantitative estimate of drug-likeness (QED) is 0.0557. The van der Waals surface area contributed by atoms with E-state index in [-0.39, 0.29) is 11.0 Å². The third kappa shape index (κ3) is 25.7. The monoisotopic (exact) mass is 570 g/mol. The summed E-state index contributed by atoms with van der Waals surface area (Å²) in [6.07, 6.45) is 37.0. The predicted molar refractivity (Wildman–Crippen MR) is 169 cm³/mol. The van der Waals surface area contributed by atoms with E-state index in [9.17, 15) is 18.1 Å². The second-order valence-electron chi connectivity index (χ2n) is 11.4. The zero-order valence-corrected chi connectivity index (χ0v) is 26.7. The van der Waals surface area contributed by atoms with Gasteiger partial charge in [0.15, 0.2) is 0 Å². The molecule has 39 heavy (non-hydrogen) atoms. The van der Waals surface area contributed by atoms with Crippen molar-refractivity contribution in [2.24, 2.45) is 0 Å². The molecule has 0 aliphatic carbocycles. The SMILES string of the molecule is CCCCCCCC/C=C/[N+](/C=C/CCCCCCCC)(/C=C/CCCCCCCC)CC(O)CS(=O)(=O)O. The second kappa shape index (κ2) is 26.0. The van der Waals surface area contributed by atoms with E-state index in [1.807, 2.05) is 0 Å².